The van der Waals surface area contributed by atoms with Gasteiger partial charge < -0.3 is 24.3 Å². The molecular formula is C27H33N3O3. The van der Waals surface area contributed by atoms with Crippen LogP contribution in [0.3, 0.4) is 0 Å². The molecule has 174 valence electrons. The quantitative estimate of drug-likeness (QED) is 0.619. The topological polar surface area (TPSA) is 58.0 Å². The Labute approximate surface area is 195 Å². The van der Waals surface area contributed by atoms with E-state index in [1.807, 2.05) is 36.2 Å². The third kappa shape index (κ3) is 4.86. The standard InChI is InChI=1S/C27H33N3O3/c1-19-3-5-22(6-4-19)30-15-11-23(12-16-30)32-24-7-8-25-20(17-24)18-26(33-25)27(31)29(2)21-9-13-28-14-10-21/h3-8,17-18,21,23,28H,9-16H2,1-2H3. The molecule has 1 amide bonds. The van der Waals surface area contributed by atoms with Gasteiger partial charge in [0, 0.05) is 50.1 Å². The summed E-state index contributed by atoms with van der Waals surface area (Å²) in [5, 5.41) is 4.25. The zero-order valence-electron chi connectivity index (χ0n) is 19.5. The average Bonchev–Trinajstić information content (AvgIpc) is 3.28. The predicted molar refractivity (Wildman–Crippen MR) is 131 cm³/mol. The van der Waals surface area contributed by atoms with Crippen molar-refractivity contribution < 1.29 is 13.9 Å². The van der Waals surface area contributed by atoms with Crippen LogP contribution in [-0.4, -0.2) is 56.2 Å². The number of carbonyl (C=O) groups is 1. The van der Waals surface area contributed by atoms with Crippen LogP contribution < -0.4 is 15.0 Å². The van der Waals surface area contributed by atoms with Gasteiger partial charge in [-0.25, -0.2) is 0 Å². The summed E-state index contributed by atoms with van der Waals surface area (Å²) in [6.45, 7) is 6.00. The molecule has 0 bridgehead atoms. The number of nitrogens with one attached hydrogen (secondary N) is 1. The highest BCUT2D eigenvalue weighted by Crippen LogP contribution is 2.28. The van der Waals surface area contributed by atoms with Gasteiger partial charge >= 0.3 is 0 Å². The van der Waals surface area contributed by atoms with Crippen molar-refractivity contribution in [1.82, 2.24) is 10.2 Å². The molecule has 1 N–H and O–H groups in total. The van der Waals surface area contributed by atoms with Crippen LogP contribution in [0.25, 0.3) is 11.0 Å². The molecule has 1 aromatic heterocycles. The normalized spacial score (nSPS) is 17.9. The molecule has 0 saturated carbocycles. The van der Waals surface area contributed by atoms with Crippen LogP contribution in [-0.2, 0) is 0 Å². The first-order valence-corrected chi connectivity index (χ1v) is 12.1. The molecule has 2 aromatic carbocycles. The molecule has 0 unspecified atom stereocenters. The molecule has 6 heteroatoms. The van der Waals surface area contributed by atoms with E-state index in [0.29, 0.717) is 5.76 Å². The summed E-state index contributed by atoms with van der Waals surface area (Å²) in [5.41, 5.74) is 3.29. The highest BCUT2D eigenvalue weighted by molar-refractivity contribution is 5.96. The minimum atomic E-state index is -0.0518. The van der Waals surface area contributed by atoms with Gasteiger partial charge in [-0.3, -0.25) is 4.79 Å². The summed E-state index contributed by atoms with van der Waals surface area (Å²) < 4.78 is 12.2. The number of anilines is 1. The van der Waals surface area contributed by atoms with Crippen LogP contribution in [0.5, 0.6) is 5.75 Å². The maximum Gasteiger partial charge on any atom is 0.289 e. The third-order valence-corrected chi connectivity index (χ3v) is 7.02. The number of furan rings is 1. The fourth-order valence-corrected chi connectivity index (χ4v) is 4.91. The van der Waals surface area contributed by atoms with Gasteiger partial charge in [0.2, 0.25) is 0 Å². The molecule has 2 fully saturated rings. The van der Waals surface area contributed by atoms with Gasteiger partial charge in [0.15, 0.2) is 5.76 Å². The van der Waals surface area contributed by atoms with Crippen LogP contribution >= 0.6 is 0 Å². The second-order valence-electron chi connectivity index (χ2n) is 9.35. The van der Waals surface area contributed by atoms with E-state index in [-0.39, 0.29) is 18.1 Å². The molecular weight excluding hydrogens is 414 g/mol. The summed E-state index contributed by atoms with van der Waals surface area (Å²) in [5.74, 6) is 1.18. The molecule has 2 aliphatic heterocycles. The van der Waals surface area contributed by atoms with E-state index in [1.54, 1.807) is 0 Å². The molecule has 0 atom stereocenters. The van der Waals surface area contributed by atoms with Crippen LogP contribution in [0.1, 0.15) is 41.8 Å². The molecule has 0 radical (unpaired) electrons. The molecule has 6 nitrogen and oxygen atoms in total. The molecule has 5 rings (SSSR count). The van der Waals surface area contributed by atoms with E-state index in [4.69, 9.17) is 9.15 Å². The zero-order valence-corrected chi connectivity index (χ0v) is 19.5. The lowest BCUT2D eigenvalue weighted by atomic mass is 10.1. The number of carbonyl (C=O) groups excluding carboxylic acids is 1. The largest absolute Gasteiger partial charge is 0.490 e. The Morgan fingerprint density at radius 3 is 2.48 bits per heavy atom. The number of benzene rings is 2. The van der Waals surface area contributed by atoms with Crippen LogP contribution in [0.15, 0.2) is 52.9 Å². The lowest BCUT2D eigenvalue weighted by Gasteiger charge is -2.33. The molecule has 2 aliphatic rings. The van der Waals surface area contributed by atoms with E-state index in [0.717, 1.165) is 68.6 Å². The van der Waals surface area contributed by atoms with Crippen molar-refractivity contribution in [2.24, 2.45) is 0 Å². The Balaban J connectivity index is 1.21. The Bertz CT molecular complexity index is 1090. The van der Waals surface area contributed by atoms with Gasteiger partial charge in [0.05, 0.1) is 0 Å². The third-order valence-electron chi connectivity index (χ3n) is 7.02. The molecule has 2 saturated heterocycles. The minimum Gasteiger partial charge on any atom is -0.490 e. The number of piperidine rings is 2. The van der Waals surface area contributed by atoms with E-state index < -0.39 is 0 Å². The first-order valence-electron chi connectivity index (χ1n) is 12.1. The number of amides is 1. The fourth-order valence-electron chi connectivity index (χ4n) is 4.91. The summed E-state index contributed by atoms with van der Waals surface area (Å²) in [6.07, 6.45) is 4.12. The Hall–Kier alpha value is -2.99. The fraction of sp³-hybridized carbons (Fsp3) is 0.444. The van der Waals surface area contributed by atoms with Gasteiger partial charge in [-0.15, -0.1) is 0 Å². The van der Waals surface area contributed by atoms with Crippen molar-refractivity contribution in [3.63, 3.8) is 0 Å². The van der Waals surface area contributed by atoms with Crippen molar-refractivity contribution >= 4 is 22.6 Å². The molecule has 33 heavy (non-hydrogen) atoms. The van der Waals surface area contributed by atoms with Gasteiger partial charge in [0.1, 0.15) is 17.4 Å². The second-order valence-corrected chi connectivity index (χ2v) is 9.35. The zero-order chi connectivity index (χ0) is 22.8. The van der Waals surface area contributed by atoms with E-state index in [9.17, 15) is 4.79 Å². The number of nitrogens with zero attached hydrogens (tertiary/aromatic N) is 2. The number of hydrogen-bond acceptors (Lipinski definition) is 5. The summed E-state index contributed by atoms with van der Waals surface area (Å²) in [6, 6.07) is 16.7. The number of aryl methyl sites for hydroxylation is 1. The predicted octanol–water partition coefficient (Wildman–Crippen LogP) is 4.61. The molecule has 0 aliphatic carbocycles. The first-order chi connectivity index (χ1) is 16.1. The smallest absolute Gasteiger partial charge is 0.289 e. The van der Waals surface area contributed by atoms with Crippen LogP contribution in [0, 0.1) is 6.92 Å². The second kappa shape index (κ2) is 9.48. The summed E-state index contributed by atoms with van der Waals surface area (Å²) >= 11 is 0. The molecule has 3 heterocycles. The highest BCUT2D eigenvalue weighted by Gasteiger charge is 2.25. The maximum atomic E-state index is 13.0. The Morgan fingerprint density at radius 2 is 1.76 bits per heavy atom. The minimum absolute atomic E-state index is 0.0518. The number of hydrogen-bond donors (Lipinski definition) is 1. The Morgan fingerprint density at radius 1 is 1.03 bits per heavy atom. The van der Waals surface area contributed by atoms with Crippen LogP contribution in [0.4, 0.5) is 5.69 Å². The van der Waals surface area contributed by atoms with Crippen molar-refractivity contribution in [2.45, 2.75) is 44.8 Å². The van der Waals surface area contributed by atoms with Crippen molar-refractivity contribution in [1.29, 1.82) is 0 Å². The van der Waals surface area contributed by atoms with Crippen molar-refractivity contribution in [2.75, 3.05) is 38.1 Å². The van der Waals surface area contributed by atoms with Crippen LogP contribution in [0.2, 0.25) is 0 Å². The summed E-state index contributed by atoms with van der Waals surface area (Å²) in [7, 11) is 1.88. The van der Waals surface area contributed by atoms with E-state index in [1.165, 1.54) is 11.3 Å². The van der Waals surface area contributed by atoms with E-state index >= 15 is 0 Å². The van der Waals surface area contributed by atoms with Gasteiger partial charge in [-0.2, -0.15) is 0 Å². The van der Waals surface area contributed by atoms with Gasteiger partial charge in [-0.1, -0.05) is 17.7 Å². The monoisotopic (exact) mass is 447 g/mol. The van der Waals surface area contributed by atoms with Crippen molar-refractivity contribution in [3.05, 3.63) is 59.9 Å². The molecule has 0 spiro atoms. The molecule has 3 aromatic rings. The number of ether oxygens (including phenoxy) is 1. The van der Waals surface area contributed by atoms with Crippen molar-refractivity contribution in [3.8, 4) is 5.75 Å². The SMILES string of the molecule is Cc1ccc(N2CCC(Oc3ccc4oc(C(=O)N(C)C5CCNCC5)cc4c3)CC2)cc1. The average molecular weight is 448 g/mol. The maximum absolute atomic E-state index is 13.0. The summed E-state index contributed by atoms with van der Waals surface area (Å²) in [4.78, 5) is 17.2. The Kier molecular flexibility index (Phi) is 6.27. The van der Waals surface area contributed by atoms with Gasteiger partial charge in [0.25, 0.3) is 5.91 Å². The number of rotatable bonds is 5. The highest BCUT2D eigenvalue weighted by atomic mass is 16.5. The van der Waals surface area contributed by atoms with E-state index in [2.05, 4.69) is 41.4 Å². The first kappa shape index (κ1) is 21.8. The van der Waals surface area contributed by atoms with Gasteiger partial charge in [-0.05, 0) is 69.3 Å². The number of fused-ring (bicyclic) bond motifs is 1. The lowest BCUT2D eigenvalue weighted by Crippen LogP contribution is -2.43. The lowest BCUT2D eigenvalue weighted by molar-refractivity contribution is 0.0673.